The van der Waals surface area contributed by atoms with Crippen LogP contribution in [0.2, 0.25) is 0 Å². The number of aromatic nitrogens is 8. The summed E-state index contributed by atoms with van der Waals surface area (Å²) in [6.45, 7) is 1.94. The van der Waals surface area contributed by atoms with Crippen LogP contribution in [0.15, 0.2) is 67.4 Å². The van der Waals surface area contributed by atoms with E-state index < -0.39 is 0 Å². The van der Waals surface area contributed by atoms with Crippen LogP contribution < -0.4 is 10.1 Å². The van der Waals surface area contributed by atoms with Gasteiger partial charge in [-0.05, 0) is 56.3 Å². The maximum absolute atomic E-state index is 6.19. The Morgan fingerprint density at radius 3 is 2.73 bits per heavy atom. The van der Waals surface area contributed by atoms with Gasteiger partial charge in [0.25, 0.3) is 0 Å². The molecule has 0 radical (unpaired) electrons. The third-order valence-corrected chi connectivity index (χ3v) is 6.60. The van der Waals surface area contributed by atoms with Crippen LogP contribution in [0.5, 0.6) is 5.75 Å². The third kappa shape index (κ3) is 4.07. The number of piperidine rings is 1. The highest BCUT2D eigenvalue weighted by molar-refractivity contribution is 5.96. The minimum atomic E-state index is 0.201. The first kappa shape index (κ1) is 21.6. The Hall–Kier alpha value is -4.70. The molecule has 7 rings (SSSR count). The normalized spacial score (nSPS) is 14.4. The molecule has 0 spiro atoms. The number of hydrogen-bond donors (Lipinski definition) is 3. The summed E-state index contributed by atoms with van der Waals surface area (Å²) >= 11 is 0. The van der Waals surface area contributed by atoms with Crippen LogP contribution in [-0.2, 0) is 0 Å². The van der Waals surface area contributed by atoms with Gasteiger partial charge < -0.3 is 15.0 Å². The summed E-state index contributed by atoms with van der Waals surface area (Å²) in [6, 6.07) is 11.7. The molecule has 0 unspecified atom stereocenters. The molecule has 1 aliphatic rings. The minimum Gasteiger partial charge on any atom is -0.489 e. The zero-order chi connectivity index (χ0) is 24.6. The molecule has 6 aromatic heterocycles. The molecular weight excluding hydrogens is 466 g/mol. The molecule has 0 saturated carbocycles. The lowest BCUT2D eigenvalue weighted by Gasteiger charge is -2.23. The maximum Gasteiger partial charge on any atom is 0.178 e. The van der Waals surface area contributed by atoms with E-state index in [4.69, 9.17) is 9.72 Å². The van der Waals surface area contributed by atoms with E-state index in [0.717, 1.165) is 70.6 Å². The predicted octanol–water partition coefficient (Wildman–Crippen LogP) is 4.15. The number of rotatable bonds is 5. The van der Waals surface area contributed by atoms with Gasteiger partial charge in [0.15, 0.2) is 11.5 Å². The summed E-state index contributed by atoms with van der Waals surface area (Å²) in [5.74, 6) is 1.37. The standard InChI is InChI=1S/C27H23N9O/c1-2-7-30-21(3-1)19-6-10-31-26-24(19)33-27(34-26)25-20-12-22(32-15-23(20)35-36-25)16-11-18(14-29-13-16)37-17-4-8-28-9-5-17/h1-3,6-7,10-15,17,28H,4-5,8-9H2,(H,35,36)(H,31,33,34). The van der Waals surface area contributed by atoms with Gasteiger partial charge in [-0.1, -0.05) is 6.07 Å². The zero-order valence-electron chi connectivity index (χ0n) is 19.8. The Morgan fingerprint density at radius 2 is 1.84 bits per heavy atom. The highest BCUT2D eigenvalue weighted by atomic mass is 16.5. The van der Waals surface area contributed by atoms with E-state index in [-0.39, 0.29) is 6.10 Å². The van der Waals surface area contributed by atoms with Gasteiger partial charge in [0.05, 0.1) is 34.8 Å². The summed E-state index contributed by atoms with van der Waals surface area (Å²) in [7, 11) is 0. The van der Waals surface area contributed by atoms with Crippen LogP contribution in [-0.4, -0.2) is 59.3 Å². The summed E-state index contributed by atoms with van der Waals surface area (Å²) in [5, 5.41) is 11.9. The molecule has 0 aromatic carbocycles. The molecule has 3 N–H and O–H groups in total. The lowest BCUT2D eigenvalue weighted by Crippen LogP contribution is -2.34. The van der Waals surface area contributed by atoms with E-state index in [9.17, 15) is 0 Å². The molecule has 6 aromatic rings. The van der Waals surface area contributed by atoms with Gasteiger partial charge in [0.2, 0.25) is 0 Å². The first-order chi connectivity index (χ1) is 18.3. The van der Waals surface area contributed by atoms with E-state index in [1.807, 2.05) is 36.4 Å². The van der Waals surface area contributed by atoms with E-state index in [1.54, 1.807) is 31.0 Å². The monoisotopic (exact) mass is 489 g/mol. The first-order valence-corrected chi connectivity index (χ1v) is 12.3. The van der Waals surface area contributed by atoms with Crippen LogP contribution in [0.25, 0.3) is 56.1 Å². The van der Waals surface area contributed by atoms with Crippen molar-refractivity contribution in [2.75, 3.05) is 13.1 Å². The third-order valence-electron chi connectivity index (χ3n) is 6.60. The lowest BCUT2D eigenvalue weighted by molar-refractivity contribution is 0.162. The average molecular weight is 490 g/mol. The number of imidazole rings is 1. The number of hydrogen-bond acceptors (Lipinski definition) is 8. The van der Waals surface area contributed by atoms with Crippen LogP contribution in [0.1, 0.15) is 12.8 Å². The molecule has 0 atom stereocenters. The van der Waals surface area contributed by atoms with Gasteiger partial charge in [-0.2, -0.15) is 5.10 Å². The highest BCUT2D eigenvalue weighted by Gasteiger charge is 2.18. The van der Waals surface area contributed by atoms with E-state index in [0.29, 0.717) is 17.2 Å². The van der Waals surface area contributed by atoms with Crippen molar-refractivity contribution in [2.24, 2.45) is 0 Å². The molecule has 0 amide bonds. The topological polar surface area (TPSA) is 130 Å². The van der Waals surface area contributed by atoms with Gasteiger partial charge >= 0.3 is 0 Å². The first-order valence-electron chi connectivity index (χ1n) is 12.3. The minimum absolute atomic E-state index is 0.201. The second kappa shape index (κ2) is 9.07. The number of nitrogens with zero attached hydrogens (tertiary/aromatic N) is 6. The molecule has 0 aliphatic carbocycles. The Bertz CT molecular complexity index is 1700. The number of aromatic amines is 2. The molecule has 1 fully saturated rings. The summed E-state index contributed by atoms with van der Waals surface area (Å²) in [5.41, 5.74) is 6.37. The van der Waals surface area contributed by atoms with Gasteiger partial charge in [-0.15, -0.1) is 0 Å². The zero-order valence-corrected chi connectivity index (χ0v) is 19.8. The lowest BCUT2D eigenvalue weighted by atomic mass is 10.1. The second-order valence-electron chi connectivity index (χ2n) is 9.02. The van der Waals surface area contributed by atoms with Crippen LogP contribution in [0.3, 0.4) is 0 Å². The highest BCUT2D eigenvalue weighted by Crippen LogP contribution is 2.32. The molecule has 1 saturated heterocycles. The van der Waals surface area contributed by atoms with E-state index in [1.165, 1.54) is 0 Å². The Morgan fingerprint density at radius 1 is 0.892 bits per heavy atom. The van der Waals surface area contributed by atoms with Crippen molar-refractivity contribution >= 4 is 22.1 Å². The fourth-order valence-corrected chi connectivity index (χ4v) is 4.74. The Labute approximate surface area is 211 Å². The second-order valence-corrected chi connectivity index (χ2v) is 9.02. The quantitative estimate of drug-likeness (QED) is 0.329. The molecule has 0 bridgehead atoms. The number of ether oxygens (including phenoxy) is 1. The fraction of sp³-hybridized carbons (Fsp3) is 0.185. The average Bonchev–Trinajstić information content (AvgIpc) is 3.58. The van der Waals surface area contributed by atoms with Gasteiger partial charge in [-0.25, -0.2) is 9.97 Å². The van der Waals surface area contributed by atoms with E-state index in [2.05, 4.69) is 40.4 Å². The van der Waals surface area contributed by atoms with Crippen molar-refractivity contribution < 1.29 is 4.74 Å². The van der Waals surface area contributed by atoms with Crippen molar-refractivity contribution in [1.29, 1.82) is 0 Å². The van der Waals surface area contributed by atoms with Crippen molar-refractivity contribution in [1.82, 2.24) is 45.4 Å². The van der Waals surface area contributed by atoms with Gasteiger partial charge in [0, 0.05) is 35.1 Å². The largest absolute Gasteiger partial charge is 0.489 e. The smallest absolute Gasteiger partial charge is 0.178 e. The number of H-pyrrole nitrogens is 2. The molecular formula is C27H23N9O. The van der Waals surface area contributed by atoms with Crippen LogP contribution in [0, 0.1) is 0 Å². The molecule has 10 heteroatoms. The molecule has 182 valence electrons. The van der Waals surface area contributed by atoms with Crippen LogP contribution >= 0.6 is 0 Å². The van der Waals surface area contributed by atoms with E-state index >= 15 is 0 Å². The summed E-state index contributed by atoms with van der Waals surface area (Å²) in [6.07, 6.45) is 11.0. The molecule has 37 heavy (non-hydrogen) atoms. The number of nitrogens with one attached hydrogen (secondary N) is 3. The van der Waals surface area contributed by atoms with Crippen molar-refractivity contribution in [3.05, 3.63) is 67.4 Å². The molecule has 7 heterocycles. The predicted molar refractivity (Wildman–Crippen MR) is 140 cm³/mol. The van der Waals surface area contributed by atoms with Gasteiger partial charge in [-0.3, -0.25) is 20.1 Å². The Balaban J connectivity index is 1.26. The Kier molecular flexibility index (Phi) is 5.29. The molecule has 10 nitrogen and oxygen atoms in total. The van der Waals surface area contributed by atoms with Crippen molar-refractivity contribution in [3.8, 4) is 39.8 Å². The summed E-state index contributed by atoms with van der Waals surface area (Å²) < 4.78 is 6.19. The SMILES string of the molecule is c1ccc(-c2ccnc3nc(-c4n[nH]c5cnc(-c6cncc(OC7CCNCC7)c6)cc45)[nH]c23)nc1. The molecule has 1 aliphatic heterocycles. The van der Waals surface area contributed by atoms with Crippen molar-refractivity contribution in [3.63, 3.8) is 0 Å². The maximum atomic E-state index is 6.19. The number of fused-ring (bicyclic) bond motifs is 2. The summed E-state index contributed by atoms with van der Waals surface area (Å²) in [4.78, 5) is 26.1. The fourth-order valence-electron chi connectivity index (χ4n) is 4.74. The van der Waals surface area contributed by atoms with Crippen LogP contribution in [0.4, 0.5) is 0 Å². The number of pyridine rings is 4. The van der Waals surface area contributed by atoms with Crippen molar-refractivity contribution in [2.45, 2.75) is 18.9 Å². The van der Waals surface area contributed by atoms with Gasteiger partial charge in [0.1, 0.15) is 17.5 Å².